The molecule has 0 saturated carbocycles. The van der Waals surface area contributed by atoms with Crippen molar-refractivity contribution in [1.82, 2.24) is 0 Å². The van der Waals surface area contributed by atoms with Crippen molar-refractivity contribution in [3.63, 3.8) is 0 Å². The highest BCUT2D eigenvalue weighted by atomic mass is 32.2. The Bertz CT molecular complexity index is 491. The van der Waals surface area contributed by atoms with E-state index in [-0.39, 0.29) is 6.54 Å². The van der Waals surface area contributed by atoms with E-state index in [1.807, 2.05) is 24.3 Å². The molecule has 0 saturated heterocycles. The molecule has 1 N–H and O–H groups in total. The van der Waals surface area contributed by atoms with Crippen LogP contribution in [0.1, 0.15) is 0 Å². The van der Waals surface area contributed by atoms with Gasteiger partial charge in [0.25, 0.3) is 0 Å². The zero-order chi connectivity index (χ0) is 9.97. The van der Waals surface area contributed by atoms with E-state index >= 15 is 0 Å². The zero-order valence-electron chi connectivity index (χ0n) is 7.14. The number of carboxylic acid groups (broad SMARTS) is 1. The monoisotopic (exact) mass is 225 g/mol. The van der Waals surface area contributed by atoms with E-state index < -0.39 is 5.97 Å². The summed E-state index contributed by atoms with van der Waals surface area (Å²) < 4.78 is 3.12. The lowest BCUT2D eigenvalue weighted by atomic mass is 10.4. The lowest BCUT2D eigenvalue weighted by Crippen LogP contribution is -2.02. The Hall–Kier alpha value is -1.20. The Balaban J connectivity index is 2.44. The summed E-state index contributed by atoms with van der Waals surface area (Å²) in [6, 6.07) is 7.95. The van der Waals surface area contributed by atoms with Gasteiger partial charge in [-0.2, -0.15) is 0 Å². The molecule has 3 nitrogen and oxygen atoms in total. The summed E-state index contributed by atoms with van der Waals surface area (Å²) in [5, 5.41) is 8.47. The van der Waals surface area contributed by atoms with Crippen LogP contribution in [0, 0.1) is 0 Å². The van der Waals surface area contributed by atoms with Gasteiger partial charge in [0.2, 0.25) is 0 Å². The molecule has 0 aliphatic heterocycles. The van der Waals surface area contributed by atoms with E-state index in [2.05, 4.69) is 4.99 Å². The standard InChI is InChI=1S/C9H7NO2S2/c11-8(12)5-10-9-13-6-3-1-2-4-7(6)14-9/h1-4H,5H2,(H,11,12). The minimum absolute atomic E-state index is 0.149. The van der Waals surface area contributed by atoms with Gasteiger partial charge in [0, 0.05) is 9.40 Å². The van der Waals surface area contributed by atoms with Gasteiger partial charge < -0.3 is 5.11 Å². The Labute approximate surface area is 88.0 Å². The van der Waals surface area contributed by atoms with Crippen LogP contribution in [0.4, 0.5) is 0 Å². The number of nitrogens with zero attached hydrogens (tertiary/aromatic N) is 1. The van der Waals surface area contributed by atoms with Crippen molar-refractivity contribution in [2.45, 2.75) is 0 Å². The fraction of sp³-hybridized carbons (Fsp3) is 0.111. The van der Waals surface area contributed by atoms with Crippen LogP contribution < -0.4 is 3.98 Å². The first-order valence-electron chi connectivity index (χ1n) is 3.96. The molecule has 0 amide bonds. The molecular weight excluding hydrogens is 218 g/mol. The molecule has 1 heterocycles. The van der Waals surface area contributed by atoms with Gasteiger partial charge in [-0.15, -0.1) is 22.7 Å². The fourth-order valence-electron chi connectivity index (χ4n) is 1.02. The number of hydrogen-bond donors (Lipinski definition) is 1. The summed E-state index contributed by atoms with van der Waals surface area (Å²) in [6.45, 7) is -0.149. The molecule has 0 fully saturated rings. The second kappa shape index (κ2) is 3.89. The number of carboxylic acids is 1. The van der Waals surface area contributed by atoms with E-state index in [1.54, 1.807) is 0 Å². The number of rotatable bonds is 2. The van der Waals surface area contributed by atoms with Crippen LogP contribution in [0.2, 0.25) is 0 Å². The second-order valence-corrected chi connectivity index (χ2v) is 4.95. The lowest BCUT2D eigenvalue weighted by Gasteiger charge is -1.80. The number of fused-ring (bicyclic) bond motifs is 1. The van der Waals surface area contributed by atoms with Gasteiger partial charge in [0.05, 0.1) is 0 Å². The first-order valence-corrected chi connectivity index (χ1v) is 5.60. The SMILES string of the molecule is O=C(O)CN=c1sc2ccccc2s1. The van der Waals surface area contributed by atoms with Gasteiger partial charge in [-0.05, 0) is 12.1 Å². The molecule has 72 valence electrons. The maximum absolute atomic E-state index is 10.3. The lowest BCUT2D eigenvalue weighted by molar-refractivity contribution is -0.135. The largest absolute Gasteiger partial charge is 0.480 e. The number of hydrogen-bond acceptors (Lipinski definition) is 4. The van der Waals surface area contributed by atoms with Crippen LogP contribution in [0.25, 0.3) is 9.40 Å². The van der Waals surface area contributed by atoms with Gasteiger partial charge >= 0.3 is 5.97 Å². The minimum Gasteiger partial charge on any atom is -0.480 e. The minimum atomic E-state index is -0.894. The number of carbonyl (C=O) groups is 1. The summed E-state index contributed by atoms with van der Waals surface area (Å²) in [4.78, 5) is 14.3. The predicted octanol–water partition coefficient (Wildman–Crippen LogP) is 1.95. The molecule has 0 aliphatic rings. The summed E-state index contributed by atoms with van der Waals surface area (Å²) in [5.41, 5.74) is 0. The van der Waals surface area contributed by atoms with Crippen LogP contribution in [-0.2, 0) is 4.79 Å². The molecule has 0 aliphatic carbocycles. The van der Waals surface area contributed by atoms with Crippen LogP contribution in [0.3, 0.4) is 0 Å². The van der Waals surface area contributed by atoms with Crippen LogP contribution in [0.15, 0.2) is 29.3 Å². The van der Waals surface area contributed by atoms with Crippen LogP contribution in [-0.4, -0.2) is 17.6 Å². The molecule has 1 aromatic carbocycles. The Kier molecular flexibility index (Phi) is 2.60. The summed E-state index contributed by atoms with van der Waals surface area (Å²) in [7, 11) is 0. The van der Waals surface area contributed by atoms with Crippen molar-refractivity contribution in [3.8, 4) is 0 Å². The third-order valence-corrected chi connectivity index (χ3v) is 3.98. The molecule has 5 heteroatoms. The van der Waals surface area contributed by atoms with Gasteiger partial charge in [0.15, 0.2) is 3.98 Å². The molecule has 0 atom stereocenters. The second-order valence-electron chi connectivity index (χ2n) is 2.63. The molecule has 0 spiro atoms. The quantitative estimate of drug-likeness (QED) is 0.849. The van der Waals surface area contributed by atoms with Crippen LogP contribution >= 0.6 is 22.7 Å². The smallest absolute Gasteiger partial charge is 0.325 e. The molecule has 2 aromatic rings. The molecule has 14 heavy (non-hydrogen) atoms. The van der Waals surface area contributed by atoms with Crippen molar-refractivity contribution in [3.05, 3.63) is 28.3 Å². The Morgan fingerprint density at radius 2 is 1.86 bits per heavy atom. The Morgan fingerprint density at radius 3 is 2.36 bits per heavy atom. The average Bonchev–Trinajstić information content (AvgIpc) is 2.57. The van der Waals surface area contributed by atoms with Crippen molar-refractivity contribution in [2.24, 2.45) is 4.99 Å². The molecule has 1 aromatic heterocycles. The third kappa shape index (κ3) is 2.00. The normalized spacial score (nSPS) is 10.3. The molecule has 2 rings (SSSR count). The average molecular weight is 225 g/mol. The highest BCUT2D eigenvalue weighted by Gasteiger charge is 1.97. The van der Waals surface area contributed by atoms with E-state index in [0.717, 1.165) is 13.4 Å². The molecule has 0 bridgehead atoms. The van der Waals surface area contributed by atoms with Gasteiger partial charge in [-0.25, -0.2) is 0 Å². The number of aliphatic carboxylic acids is 1. The van der Waals surface area contributed by atoms with Crippen molar-refractivity contribution < 1.29 is 9.90 Å². The van der Waals surface area contributed by atoms with E-state index in [1.165, 1.54) is 22.7 Å². The highest BCUT2D eigenvalue weighted by molar-refractivity contribution is 7.35. The highest BCUT2D eigenvalue weighted by Crippen LogP contribution is 2.19. The first kappa shape index (κ1) is 9.36. The van der Waals surface area contributed by atoms with E-state index in [9.17, 15) is 4.79 Å². The molecule has 0 radical (unpaired) electrons. The molecular formula is C9H7NO2S2. The maximum Gasteiger partial charge on any atom is 0.325 e. The molecule has 0 unspecified atom stereocenters. The van der Waals surface area contributed by atoms with Gasteiger partial charge in [0.1, 0.15) is 6.54 Å². The topological polar surface area (TPSA) is 49.7 Å². The van der Waals surface area contributed by atoms with E-state index in [4.69, 9.17) is 5.11 Å². The summed E-state index contributed by atoms with van der Waals surface area (Å²) in [6.07, 6.45) is 0. The van der Waals surface area contributed by atoms with Crippen molar-refractivity contribution in [2.75, 3.05) is 6.54 Å². The van der Waals surface area contributed by atoms with Crippen molar-refractivity contribution in [1.29, 1.82) is 0 Å². The van der Waals surface area contributed by atoms with E-state index in [0.29, 0.717) is 0 Å². The zero-order valence-corrected chi connectivity index (χ0v) is 8.77. The Morgan fingerprint density at radius 1 is 1.29 bits per heavy atom. The summed E-state index contributed by atoms with van der Waals surface area (Å²) in [5.74, 6) is -0.894. The van der Waals surface area contributed by atoms with Crippen LogP contribution in [0.5, 0.6) is 0 Å². The summed E-state index contributed by atoms with van der Waals surface area (Å²) >= 11 is 3.06. The van der Waals surface area contributed by atoms with Crippen molar-refractivity contribution >= 4 is 38.0 Å². The maximum atomic E-state index is 10.3. The third-order valence-electron chi connectivity index (χ3n) is 1.59. The first-order chi connectivity index (χ1) is 6.75. The fourth-order valence-corrected chi connectivity index (χ4v) is 3.24. The van der Waals surface area contributed by atoms with Gasteiger partial charge in [-0.3, -0.25) is 9.79 Å². The predicted molar refractivity (Wildman–Crippen MR) is 57.8 cm³/mol. The number of benzene rings is 1. The van der Waals surface area contributed by atoms with Gasteiger partial charge in [-0.1, -0.05) is 12.1 Å².